The second-order valence-electron chi connectivity index (χ2n) is 10.5. The number of thiophene rings is 2. The molecular weight excluding hydrogens is 737 g/mol. The lowest BCUT2D eigenvalue weighted by Gasteiger charge is -2.08. The van der Waals surface area contributed by atoms with Gasteiger partial charge in [-0.3, -0.25) is 0 Å². The Kier molecular flexibility index (Phi) is 13.9. The molecule has 2 heterocycles. The Labute approximate surface area is 291 Å². The molecule has 0 spiro atoms. The molecule has 2 aromatic heterocycles. The molecule has 0 unspecified atom stereocenters. The fourth-order valence-electron chi connectivity index (χ4n) is 4.35. The molecule has 48 heavy (non-hydrogen) atoms. The number of hydrogen-bond acceptors (Lipinski definition) is 12. The van der Waals surface area contributed by atoms with Gasteiger partial charge in [-0.15, -0.1) is 22.7 Å². The summed E-state index contributed by atoms with van der Waals surface area (Å²) in [5, 5.41) is 6.53. The van der Waals surface area contributed by atoms with Crippen LogP contribution in [0.2, 0.25) is 0 Å². The second kappa shape index (κ2) is 17.4. The molecule has 18 heteroatoms. The van der Waals surface area contributed by atoms with E-state index < -0.39 is 39.7 Å². The zero-order valence-corrected chi connectivity index (χ0v) is 30.8. The lowest BCUT2D eigenvalue weighted by Crippen LogP contribution is -2.28. The Morgan fingerprint density at radius 3 is 1.10 bits per heavy atom. The first kappa shape index (κ1) is 38.3. The van der Waals surface area contributed by atoms with E-state index in [1.54, 1.807) is 36.4 Å². The molecule has 0 saturated heterocycles. The van der Waals surface area contributed by atoms with Gasteiger partial charge in [-0.2, -0.15) is 0 Å². The third-order valence-corrected chi connectivity index (χ3v) is 17.5. The van der Waals surface area contributed by atoms with Gasteiger partial charge < -0.3 is 10.6 Å². The van der Waals surface area contributed by atoms with Gasteiger partial charge in [0.2, 0.25) is 39.7 Å². The van der Waals surface area contributed by atoms with Gasteiger partial charge in [0.15, 0.2) is 0 Å². The predicted octanol–water partition coefficient (Wildman–Crippen LogP) is 3.47. The Balaban J connectivity index is 1.03. The SMILES string of the molecule is O=S(=O)(NCCCNCCCCNCCCNS(=O)(=O)c1ccc(S(=O)(=O)c2ccccc2)s1)c1ccc(S(=O)(=O)c2ccccc2)s1. The summed E-state index contributed by atoms with van der Waals surface area (Å²) < 4.78 is 106. The maximum atomic E-state index is 12.7. The predicted molar refractivity (Wildman–Crippen MR) is 187 cm³/mol. The third kappa shape index (κ3) is 10.5. The van der Waals surface area contributed by atoms with Crippen LogP contribution in [0.15, 0.2) is 112 Å². The quantitative estimate of drug-likeness (QED) is 0.0915. The smallest absolute Gasteiger partial charge is 0.250 e. The number of sulfone groups is 2. The fraction of sp³-hybridized carbons (Fsp3) is 0.333. The number of unbranched alkanes of at least 4 members (excludes halogenated alkanes) is 1. The summed E-state index contributed by atoms with van der Waals surface area (Å²) in [6.45, 7) is 3.14. The Bertz CT molecular complexity index is 1900. The highest BCUT2D eigenvalue weighted by Crippen LogP contribution is 2.31. The van der Waals surface area contributed by atoms with Crippen LogP contribution in [0.4, 0.5) is 0 Å². The van der Waals surface area contributed by atoms with E-state index in [-0.39, 0.29) is 39.7 Å². The summed E-state index contributed by atoms with van der Waals surface area (Å²) in [5.41, 5.74) is 0. The zero-order chi connectivity index (χ0) is 34.7. The molecule has 4 rings (SSSR count). The molecule has 0 aliphatic rings. The lowest BCUT2D eigenvalue weighted by atomic mass is 10.3. The highest BCUT2D eigenvalue weighted by atomic mass is 32.3. The molecule has 0 fully saturated rings. The molecule has 0 amide bonds. The minimum absolute atomic E-state index is 0.0291. The van der Waals surface area contributed by atoms with Gasteiger partial charge in [0.1, 0.15) is 16.8 Å². The van der Waals surface area contributed by atoms with Crippen molar-refractivity contribution in [1.82, 2.24) is 20.1 Å². The molecule has 2 aromatic carbocycles. The molecule has 0 atom stereocenters. The highest BCUT2D eigenvalue weighted by Gasteiger charge is 2.25. The van der Waals surface area contributed by atoms with Crippen molar-refractivity contribution in [2.45, 2.75) is 52.3 Å². The standard InChI is InChI=1S/C30H38N4O8S6/c35-45(36,25-11-3-1-4-12-25)27-15-17-29(43-27)47(39,40)33-23-9-21-31-19-7-8-20-32-22-10-24-34-48(41,42)30-18-16-28(44-30)46(37,38)26-13-5-2-6-14-26/h1-6,11-18,31-34H,7-10,19-24H2. The van der Waals surface area contributed by atoms with Crippen molar-refractivity contribution >= 4 is 62.4 Å². The van der Waals surface area contributed by atoms with Crippen molar-refractivity contribution in [3.63, 3.8) is 0 Å². The normalized spacial score (nSPS) is 12.8. The first-order chi connectivity index (χ1) is 22.8. The summed E-state index contributed by atoms with van der Waals surface area (Å²) in [6, 6.07) is 21.0. The van der Waals surface area contributed by atoms with E-state index in [9.17, 15) is 33.7 Å². The van der Waals surface area contributed by atoms with Gasteiger partial charge in [-0.05, 0) is 100 Å². The topological polar surface area (TPSA) is 185 Å². The Morgan fingerprint density at radius 2 is 0.729 bits per heavy atom. The van der Waals surface area contributed by atoms with E-state index in [1.807, 2.05) is 0 Å². The van der Waals surface area contributed by atoms with Crippen LogP contribution in [0, 0.1) is 0 Å². The van der Waals surface area contributed by atoms with Crippen LogP contribution < -0.4 is 20.1 Å². The molecule has 4 N–H and O–H groups in total. The van der Waals surface area contributed by atoms with Crippen LogP contribution >= 0.6 is 22.7 Å². The van der Waals surface area contributed by atoms with Gasteiger partial charge in [0, 0.05) is 13.1 Å². The third-order valence-electron chi connectivity index (χ3n) is 6.88. The van der Waals surface area contributed by atoms with Crippen LogP contribution in [0.25, 0.3) is 0 Å². The average molecular weight is 775 g/mol. The maximum absolute atomic E-state index is 12.7. The van der Waals surface area contributed by atoms with Crippen LogP contribution in [0.3, 0.4) is 0 Å². The minimum atomic E-state index is -3.82. The van der Waals surface area contributed by atoms with Crippen LogP contribution in [0.1, 0.15) is 25.7 Å². The number of rotatable bonds is 21. The molecular formula is C30H38N4O8S6. The van der Waals surface area contributed by atoms with Crippen molar-refractivity contribution in [1.29, 1.82) is 0 Å². The Hall–Kier alpha value is -2.52. The highest BCUT2D eigenvalue weighted by molar-refractivity contribution is 7.96. The van der Waals surface area contributed by atoms with Gasteiger partial charge >= 0.3 is 0 Å². The van der Waals surface area contributed by atoms with Crippen molar-refractivity contribution in [3.05, 3.63) is 84.9 Å². The van der Waals surface area contributed by atoms with Crippen molar-refractivity contribution in [2.24, 2.45) is 0 Å². The van der Waals surface area contributed by atoms with E-state index in [0.29, 0.717) is 25.9 Å². The molecule has 12 nitrogen and oxygen atoms in total. The zero-order valence-electron chi connectivity index (χ0n) is 25.9. The molecule has 0 aliphatic heterocycles. The summed E-state index contributed by atoms with van der Waals surface area (Å²) in [4.78, 5) is 0.220. The number of benzene rings is 2. The van der Waals surface area contributed by atoms with Crippen LogP contribution in [-0.4, -0.2) is 72.9 Å². The molecule has 4 aromatic rings. The summed E-state index contributed by atoms with van der Waals surface area (Å²) in [6.07, 6.45) is 2.91. The summed E-state index contributed by atoms with van der Waals surface area (Å²) >= 11 is 1.44. The molecule has 262 valence electrons. The lowest BCUT2D eigenvalue weighted by molar-refractivity contribution is 0.553. The summed E-state index contributed by atoms with van der Waals surface area (Å²) in [7, 11) is -15.2. The average Bonchev–Trinajstić information content (AvgIpc) is 3.79. The van der Waals surface area contributed by atoms with Gasteiger partial charge in [0.05, 0.1) is 9.79 Å². The fourth-order valence-corrected chi connectivity index (χ4v) is 13.0. The van der Waals surface area contributed by atoms with E-state index in [2.05, 4.69) is 20.1 Å². The van der Waals surface area contributed by atoms with E-state index in [1.165, 1.54) is 48.5 Å². The minimum Gasteiger partial charge on any atom is -0.317 e. The van der Waals surface area contributed by atoms with Gasteiger partial charge in [0.25, 0.3) is 0 Å². The van der Waals surface area contributed by atoms with Crippen molar-refractivity contribution < 1.29 is 33.7 Å². The first-order valence-electron chi connectivity index (χ1n) is 15.0. The van der Waals surface area contributed by atoms with Gasteiger partial charge in [-0.1, -0.05) is 36.4 Å². The van der Waals surface area contributed by atoms with Crippen molar-refractivity contribution in [2.75, 3.05) is 39.3 Å². The van der Waals surface area contributed by atoms with E-state index >= 15 is 0 Å². The van der Waals surface area contributed by atoms with Gasteiger partial charge in [-0.25, -0.2) is 43.1 Å². The maximum Gasteiger partial charge on any atom is 0.250 e. The summed E-state index contributed by atoms with van der Waals surface area (Å²) in [5.74, 6) is 0. The van der Waals surface area contributed by atoms with E-state index in [0.717, 1.165) is 48.6 Å². The molecule has 0 bridgehead atoms. The van der Waals surface area contributed by atoms with Crippen LogP contribution in [-0.2, 0) is 39.7 Å². The number of nitrogens with one attached hydrogen (secondary N) is 4. The second-order valence-corrected chi connectivity index (χ2v) is 21.0. The molecule has 0 radical (unpaired) electrons. The molecule has 0 saturated carbocycles. The largest absolute Gasteiger partial charge is 0.317 e. The Morgan fingerprint density at radius 1 is 0.396 bits per heavy atom. The monoisotopic (exact) mass is 774 g/mol. The number of hydrogen-bond donors (Lipinski definition) is 4. The van der Waals surface area contributed by atoms with E-state index in [4.69, 9.17) is 0 Å². The first-order valence-corrected chi connectivity index (χ1v) is 22.6. The molecule has 0 aliphatic carbocycles. The van der Waals surface area contributed by atoms with Crippen molar-refractivity contribution in [3.8, 4) is 0 Å². The van der Waals surface area contributed by atoms with Crippen LogP contribution in [0.5, 0.6) is 0 Å². The number of sulfonamides is 2.